The van der Waals surface area contributed by atoms with E-state index in [1.165, 1.54) is 6.07 Å². The Morgan fingerprint density at radius 2 is 2.30 bits per heavy atom. The normalized spacial score (nSPS) is 22.8. The topological polar surface area (TPSA) is 39.2 Å². The summed E-state index contributed by atoms with van der Waals surface area (Å²) in [5.41, 5.74) is 0.0592. The van der Waals surface area contributed by atoms with Gasteiger partial charge in [0.05, 0.1) is 18.7 Å². The Balaban J connectivity index is 2.13. The molecule has 0 spiro atoms. The van der Waals surface area contributed by atoms with Gasteiger partial charge in [-0.25, -0.2) is 8.78 Å². The molecule has 1 fully saturated rings. The van der Waals surface area contributed by atoms with Crippen molar-refractivity contribution in [3.05, 3.63) is 28.5 Å². The zero-order chi connectivity index (χ0) is 14.3. The fourth-order valence-electron chi connectivity index (χ4n) is 2.57. The van der Waals surface area contributed by atoms with Gasteiger partial charge in [-0.2, -0.15) is 0 Å². The summed E-state index contributed by atoms with van der Waals surface area (Å²) in [4.78, 5) is 2.89. The number of halogens is 2. The van der Waals surface area contributed by atoms with Gasteiger partial charge < -0.3 is 19.0 Å². The molecule has 0 saturated carbocycles. The molecular formula is C13H14F2N2O2S. The minimum Gasteiger partial charge on any atom is -0.378 e. The highest BCUT2D eigenvalue weighted by Gasteiger charge is 2.36. The van der Waals surface area contributed by atoms with Gasteiger partial charge in [0.1, 0.15) is 11.1 Å². The average Bonchev–Trinajstić information content (AvgIpc) is 3.02. The van der Waals surface area contributed by atoms with Crippen LogP contribution in [0.2, 0.25) is 0 Å². The fourth-order valence-corrected chi connectivity index (χ4v) is 2.83. The van der Waals surface area contributed by atoms with E-state index in [0.29, 0.717) is 36.5 Å². The first kappa shape index (κ1) is 13.7. The summed E-state index contributed by atoms with van der Waals surface area (Å²) >= 11 is 5.21. The number of ether oxygens (including phenoxy) is 2. The summed E-state index contributed by atoms with van der Waals surface area (Å²) in [7, 11) is 1.59. The molecule has 3 rings (SSSR count). The Hall–Kier alpha value is -1.31. The van der Waals surface area contributed by atoms with Gasteiger partial charge in [0.15, 0.2) is 16.4 Å². The second-order valence-electron chi connectivity index (χ2n) is 4.96. The number of aromatic nitrogens is 2. The zero-order valence-electron chi connectivity index (χ0n) is 10.9. The van der Waals surface area contributed by atoms with Crippen LogP contribution in [0.1, 0.15) is 6.42 Å². The molecule has 1 N–H and O–H groups in total. The summed E-state index contributed by atoms with van der Waals surface area (Å²) in [5.74, 6) is -1.80. The van der Waals surface area contributed by atoms with Gasteiger partial charge >= 0.3 is 0 Å². The second-order valence-corrected chi connectivity index (χ2v) is 5.35. The molecule has 0 radical (unpaired) electrons. The number of H-pyrrole nitrogens is 1. The third-order valence-corrected chi connectivity index (χ3v) is 4.09. The minimum absolute atomic E-state index is 0.137. The Labute approximate surface area is 119 Å². The van der Waals surface area contributed by atoms with Crippen molar-refractivity contribution in [1.29, 1.82) is 0 Å². The molecular weight excluding hydrogens is 286 g/mol. The Morgan fingerprint density at radius 3 is 2.95 bits per heavy atom. The van der Waals surface area contributed by atoms with Crippen LogP contribution in [0, 0.1) is 16.4 Å². The summed E-state index contributed by atoms with van der Waals surface area (Å²) in [6.45, 7) is 1.32. The van der Waals surface area contributed by atoms with Gasteiger partial charge in [-0.15, -0.1) is 0 Å². The molecule has 1 aliphatic heterocycles. The van der Waals surface area contributed by atoms with E-state index in [9.17, 15) is 8.78 Å². The maximum Gasteiger partial charge on any atom is 0.184 e. The summed E-state index contributed by atoms with van der Waals surface area (Å²) in [5, 5.41) is 0. The average molecular weight is 300 g/mol. The molecule has 4 nitrogen and oxygen atoms in total. The van der Waals surface area contributed by atoms with E-state index in [1.54, 1.807) is 11.7 Å². The number of nitrogens with zero attached hydrogens (tertiary/aromatic N) is 1. The molecule has 1 aromatic carbocycles. The zero-order valence-corrected chi connectivity index (χ0v) is 11.7. The van der Waals surface area contributed by atoms with Crippen LogP contribution in [0.5, 0.6) is 0 Å². The van der Waals surface area contributed by atoms with Gasteiger partial charge in [-0.3, -0.25) is 0 Å². The first-order valence-electron chi connectivity index (χ1n) is 6.26. The molecule has 20 heavy (non-hydrogen) atoms. The maximum absolute atomic E-state index is 14.0. The quantitative estimate of drug-likeness (QED) is 0.886. The number of rotatable bonds is 3. The summed E-state index contributed by atoms with van der Waals surface area (Å²) < 4.78 is 40.2. The van der Waals surface area contributed by atoms with Gasteiger partial charge in [0, 0.05) is 20.1 Å². The van der Waals surface area contributed by atoms with E-state index in [4.69, 9.17) is 21.7 Å². The summed E-state index contributed by atoms with van der Waals surface area (Å²) in [6, 6.07) is 2.56. The third kappa shape index (κ3) is 2.06. The van der Waals surface area contributed by atoms with Crippen molar-refractivity contribution in [2.45, 2.75) is 18.6 Å². The number of hydrogen-bond acceptors (Lipinski definition) is 3. The van der Waals surface area contributed by atoms with E-state index in [1.807, 2.05) is 0 Å². The molecule has 2 heterocycles. The molecule has 1 unspecified atom stereocenters. The van der Waals surface area contributed by atoms with Crippen LogP contribution in [0.3, 0.4) is 0 Å². The van der Waals surface area contributed by atoms with E-state index in [0.717, 1.165) is 6.07 Å². The molecule has 1 atom stereocenters. The van der Waals surface area contributed by atoms with Crippen LogP contribution in [0.15, 0.2) is 12.1 Å². The maximum atomic E-state index is 14.0. The van der Waals surface area contributed by atoms with Crippen molar-refractivity contribution >= 4 is 23.3 Å². The Kier molecular flexibility index (Phi) is 3.35. The second kappa shape index (κ2) is 4.91. The predicted octanol–water partition coefficient (Wildman–Crippen LogP) is 2.78. The van der Waals surface area contributed by atoms with Crippen LogP contribution in [0.4, 0.5) is 8.78 Å². The molecule has 1 aliphatic rings. The number of fused-ring (bicyclic) bond motifs is 1. The van der Waals surface area contributed by atoms with Crippen LogP contribution in [-0.4, -0.2) is 35.5 Å². The minimum atomic E-state index is -0.903. The number of imidazole rings is 1. The van der Waals surface area contributed by atoms with Gasteiger partial charge in [0.2, 0.25) is 0 Å². The van der Waals surface area contributed by atoms with Gasteiger partial charge in [-0.05, 0) is 24.4 Å². The molecule has 0 bridgehead atoms. The molecule has 1 saturated heterocycles. The molecule has 0 aliphatic carbocycles. The lowest BCUT2D eigenvalue weighted by Gasteiger charge is -2.26. The lowest BCUT2D eigenvalue weighted by molar-refractivity contribution is -0.0290. The van der Waals surface area contributed by atoms with Crippen LogP contribution in [0.25, 0.3) is 11.0 Å². The van der Waals surface area contributed by atoms with Crippen molar-refractivity contribution in [2.24, 2.45) is 0 Å². The SMILES string of the molecule is COC1(Cn2c(=S)[nH]c3ccc(F)c(F)c32)CCOC1. The highest BCUT2D eigenvalue weighted by atomic mass is 32.1. The van der Waals surface area contributed by atoms with Crippen molar-refractivity contribution < 1.29 is 18.3 Å². The number of methoxy groups -OCH3 is 1. The highest BCUT2D eigenvalue weighted by molar-refractivity contribution is 7.71. The van der Waals surface area contributed by atoms with Crippen molar-refractivity contribution in [3.63, 3.8) is 0 Å². The van der Waals surface area contributed by atoms with E-state index >= 15 is 0 Å². The van der Waals surface area contributed by atoms with Gasteiger partial charge in [-0.1, -0.05) is 0 Å². The van der Waals surface area contributed by atoms with Gasteiger partial charge in [0.25, 0.3) is 0 Å². The van der Waals surface area contributed by atoms with E-state index < -0.39 is 17.2 Å². The summed E-state index contributed by atoms with van der Waals surface area (Å²) in [6.07, 6.45) is 0.689. The standard InChI is InChI=1S/C13H14F2N2O2S/c1-18-13(4-5-19-7-13)6-17-11-9(16-12(17)20)3-2-8(14)10(11)15/h2-3H,4-7H2,1H3,(H,16,20). The first-order valence-corrected chi connectivity index (χ1v) is 6.66. The van der Waals surface area contributed by atoms with Crippen molar-refractivity contribution in [2.75, 3.05) is 20.3 Å². The smallest absolute Gasteiger partial charge is 0.184 e. The Morgan fingerprint density at radius 1 is 1.50 bits per heavy atom. The van der Waals surface area contributed by atoms with Crippen LogP contribution < -0.4 is 0 Å². The third-order valence-electron chi connectivity index (χ3n) is 3.77. The molecule has 7 heteroatoms. The van der Waals surface area contributed by atoms with Crippen LogP contribution >= 0.6 is 12.2 Å². The molecule has 0 amide bonds. The number of aromatic amines is 1. The lowest BCUT2D eigenvalue weighted by Crippen LogP contribution is -2.37. The highest BCUT2D eigenvalue weighted by Crippen LogP contribution is 2.28. The molecule has 108 valence electrons. The van der Waals surface area contributed by atoms with Crippen molar-refractivity contribution in [1.82, 2.24) is 9.55 Å². The number of benzene rings is 1. The van der Waals surface area contributed by atoms with Crippen LogP contribution in [-0.2, 0) is 16.0 Å². The number of hydrogen-bond donors (Lipinski definition) is 1. The Bertz CT molecular complexity index is 704. The predicted molar refractivity (Wildman–Crippen MR) is 72.2 cm³/mol. The largest absolute Gasteiger partial charge is 0.378 e. The fraction of sp³-hybridized carbons (Fsp3) is 0.462. The molecule has 2 aromatic rings. The lowest BCUT2D eigenvalue weighted by atomic mass is 10.0. The molecule has 1 aromatic heterocycles. The van der Waals surface area contributed by atoms with Crippen molar-refractivity contribution in [3.8, 4) is 0 Å². The van der Waals surface area contributed by atoms with E-state index in [-0.39, 0.29) is 5.52 Å². The monoisotopic (exact) mass is 300 g/mol. The number of nitrogens with one attached hydrogen (secondary N) is 1. The first-order chi connectivity index (χ1) is 9.56. The van der Waals surface area contributed by atoms with E-state index in [2.05, 4.69) is 4.98 Å².